The van der Waals surface area contributed by atoms with E-state index in [0.717, 1.165) is 22.8 Å². The second kappa shape index (κ2) is 8.98. The predicted octanol–water partition coefficient (Wildman–Crippen LogP) is 4.32. The molecule has 1 aliphatic rings. The third-order valence-corrected chi connectivity index (χ3v) is 9.00. The van der Waals surface area contributed by atoms with Crippen LogP contribution < -0.4 is 0 Å². The molecule has 1 saturated heterocycles. The highest BCUT2D eigenvalue weighted by atomic mass is 32.2. The fourth-order valence-electron chi connectivity index (χ4n) is 4.16. The van der Waals surface area contributed by atoms with Crippen molar-refractivity contribution in [3.8, 4) is 10.6 Å². The lowest BCUT2D eigenvalue weighted by molar-refractivity contribution is 0.180. The first-order valence-corrected chi connectivity index (χ1v) is 13.4. The summed E-state index contributed by atoms with van der Waals surface area (Å²) in [5.74, 6) is 0.515. The molecule has 172 valence electrons. The summed E-state index contributed by atoms with van der Waals surface area (Å²) in [6.45, 7) is 7.39. The van der Waals surface area contributed by atoms with Gasteiger partial charge in [-0.2, -0.15) is 4.31 Å². The number of aromatic amines is 1. The van der Waals surface area contributed by atoms with Gasteiger partial charge in [-0.3, -0.25) is 4.90 Å². The van der Waals surface area contributed by atoms with Crippen molar-refractivity contribution in [3.63, 3.8) is 0 Å². The highest BCUT2D eigenvalue weighted by molar-refractivity contribution is 7.89. The zero-order valence-electron chi connectivity index (χ0n) is 18.7. The fourth-order valence-corrected chi connectivity index (χ4v) is 6.55. The second-order valence-electron chi connectivity index (χ2n) is 8.65. The molecule has 0 unspecified atom stereocenters. The fraction of sp³-hybridized carbons (Fsp3) is 0.333. The summed E-state index contributed by atoms with van der Waals surface area (Å²) in [5.41, 5.74) is 4.09. The maximum atomic E-state index is 13.2. The maximum absolute atomic E-state index is 13.2. The van der Waals surface area contributed by atoms with Crippen molar-refractivity contribution in [1.29, 1.82) is 0 Å². The first-order chi connectivity index (χ1) is 15.9. The zero-order valence-corrected chi connectivity index (χ0v) is 20.4. The molecular formula is C24H27N5O2S2. The molecule has 7 nitrogen and oxygen atoms in total. The quantitative estimate of drug-likeness (QED) is 0.444. The van der Waals surface area contributed by atoms with Crippen LogP contribution in [0.4, 0.5) is 0 Å². The van der Waals surface area contributed by atoms with Crippen molar-refractivity contribution in [3.05, 3.63) is 65.4 Å². The summed E-state index contributed by atoms with van der Waals surface area (Å²) in [4.78, 5) is 14.6. The lowest BCUT2D eigenvalue weighted by Gasteiger charge is -2.33. The molecule has 1 fully saturated rings. The minimum atomic E-state index is -3.56. The van der Waals surface area contributed by atoms with Crippen LogP contribution in [0.3, 0.4) is 0 Å². The lowest BCUT2D eigenvalue weighted by Crippen LogP contribution is -2.48. The van der Waals surface area contributed by atoms with E-state index in [1.54, 1.807) is 40.2 Å². The molecule has 0 amide bonds. The van der Waals surface area contributed by atoms with Crippen LogP contribution >= 0.6 is 11.3 Å². The van der Waals surface area contributed by atoms with Crippen LogP contribution in [0, 0.1) is 0 Å². The van der Waals surface area contributed by atoms with Crippen LogP contribution in [0.5, 0.6) is 0 Å². The van der Waals surface area contributed by atoms with Gasteiger partial charge in [0.15, 0.2) is 0 Å². The highest BCUT2D eigenvalue weighted by Gasteiger charge is 2.30. The smallest absolute Gasteiger partial charge is 0.245 e. The van der Waals surface area contributed by atoms with Gasteiger partial charge in [0.2, 0.25) is 10.0 Å². The molecule has 0 saturated carbocycles. The number of rotatable bonds is 6. The van der Waals surface area contributed by atoms with E-state index in [1.807, 2.05) is 0 Å². The Morgan fingerprint density at radius 1 is 1.09 bits per heavy atom. The van der Waals surface area contributed by atoms with Crippen LogP contribution in [0.25, 0.3) is 21.6 Å². The molecule has 1 aromatic carbocycles. The molecule has 1 N–H and O–H groups in total. The number of pyridine rings is 1. The van der Waals surface area contributed by atoms with Crippen LogP contribution in [0.2, 0.25) is 0 Å². The van der Waals surface area contributed by atoms with E-state index < -0.39 is 10.0 Å². The van der Waals surface area contributed by atoms with Gasteiger partial charge in [0.1, 0.15) is 15.6 Å². The van der Waals surface area contributed by atoms with E-state index in [0.29, 0.717) is 48.0 Å². The molecule has 4 aromatic rings. The molecule has 0 bridgehead atoms. The molecule has 33 heavy (non-hydrogen) atoms. The minimum Gasteiger partial charge on any atom is -0.345 e. The van der Waals surface area contributed by atoms with Crippen molar-refractivity contribution < 1.29 is 8.42 Å². The zero-order chi connectivity index (χ0) is 23.0. The third kappa shape index (κ3) is 4.46. The number of nitrogens with one attached hydrogen (secondary N) is 1. The van der Waals surface area contributed by atoms with Gasteiger partial charge in [0.05, 0.1) is 5.69 Å². The van der Waals surface area contributed by atoms with Crippen LogP contribution in [-0.4, -0.2) is 58.8 Å². The third-order valence-electron chi connectivity index (χ3n) is 6.12. The Morgan fingerprint density at radius 2 is 1.85 bits per heavy atom. The topological polar surface area (TPSA) is 82.2 Å². The molecule has 5 rings (SSSR count). The summed E-state index contributed by atoms with van der Waals surface area (Å²) < 4.78 is 28.0. The second-order valence-corrected chi connectivity index (χ2v) is 11.4. The molecule has 0 aliphatic carbocycles. The van der Waals surface area contributed by atoms with Crippen molar-refractivity contribution in [2.45, 2.75) is 31.2 Å². The molecular weight excluding hydrogens is 454 g/mol. The number of hydrogen-bond acceptors (Lipinski definition) is 6. The van der Waals surface area contributed by atoms with Gasteiger partial charge in [0.25, 0.3) is 0 Å². The van der Waals surface area contributed by atoms with E-state index in [2.05, 4.69) is 58.4 Å². The molecule has 0 atom stereocenters. The molecule has 3 aromatic heterocycles. The van der Waals surface area contributed by atoms with Crippen molar-refractivity contribution in [2.75, 3.05) is 26.2 Å². The Bertz CT molecular complexity index is 1350. The van der Waals surface area contributed by atoms with Gasteiger partial charge in [-0.25, -0.2) is 18.4 Å². The molecule has 4 heterocycles. The number of aromatic nitrogens is 3. The van der Waals surface area contributed by atoms with Gasteiger partial charge < -0.3 is 4.98 Å². The standard InChI is InChI=1S/C24H27N5O2S2/c1-17(2)18-5-7-19(8-6-18)24-27-20(16-32-24)15-28-10-12-29(13-11-28)33(30,31)22-14-26-23-21(22)4-3-9-25-23/h3-9,14,16-17H,10-13,15H2,1-2H3,(H,25,26). The van der Waals surface area contributed by atoms with Gasteiger partial charge in [-0.15, -0.1) is 11.3 Å². The van der Waals surface area contributed by atoms with Gasteiger partial charge in [-0.1, -0.05) is 38.1 Å². The number of fused-ring (bicyclic) bond motifs is 1. The normalized spacial score (nSPS) is 16.1. The first kappa shape index (κ1) is 22.2. The summed E-state index contributed by atoms with van der Waals surface area (Å²) in [7, 11) is -3.56. The molecule has 0 spiro atoms. The minimum absolute atomic E-state index is 0.298. The van der Waals surface area contributed by atoms with Crippen molar-refractivity contribution in [2.24, 2.45) is 0 Å². The SMILES string of the molecule is CC(C)c1ccc(-c2nc(CN3CCN(S(=O)(=O)c4c[nH]c5ncccc45)CC3)cs2)cc1. The monoisotopic (exact) mass is 481 g/mol. The van der Waals surface area contributed by atoms with E-state index in [9.17, 15) is 8.42 Å². The predicted molar refractivity (Wildman–Crippen MR) is 132 cm³/mol. The Balaban J connectivity index is 1.22. The number of nitrogens with zero attached hydrogens (tertiary/aromatic N) is 4. The average molecular weight is 482 g/mol. The van der Waals surface area contributed by atoms with Gasteiger partial charge >= 0.3 is 0 Å². The number of thiazole rings is 1. The summed E-state index contributed by atoms with van der Waals surface area (Å²) in [5, 5.41) is 3.76. The van der Waals surface area contributed by atoms with E-state index >= 15 is 0 Å². The van der Waals surface area contributed by atoms with E-state index in [1.165, 1.54) is 5.56 Å². The van der Waals surface area contributed by atoms with E-state index in [4.69, 9.17) is 4.98 Å². The summed E-state index contributed by atoms with van der Waals surface area (Å²) >= 11 is 1.66. The Labute approximate surface area is 198 Å². The van der Waals surface area contributed by atoms with Crippen molar-refractivity contribution >= 4 is 32.4 Å². The van der Waals surface area contributed by atoms with E-state index in [-0.39, 0.29) is 0 Å². The lowest BCUT2D eigenvalue weighted by atomic mass is 10.0. The first-order valence-electron chi connectivity index (χ1n) is 11.1. The van der Waals surface area contributed by atoms with Crippen LogP contribution in [-0.2, 0) is 16.6 Å². The Morgan fingerprint density at radius 3 is 2.58 bits per heavy atom. The average Bonchev–Trinajstić information content (AvgIpc) is 3.47. The Kier molecular flexibility index (Phi) is 6.05. The summed E-state index contributed by atoms with van der Waals surface area (Å²) in [6.07, 6.45) is 3.20. The highest BCUT2D eigenvalue weighted by Crippen LogP contribution is 2.28. The molecule has 1 aliphatic heterocycles. The number of hydrogen-bond donors (Lipinski definition) is 1. The van der Waals surface area contributed by atoms with Gasteiger partial charge in [0, 0.05) is 61.4 Å². The van der Waals surface area contributed by atoms with Crippen molar-refractivity contribution in [1.82, 2.24) is 24.2 Å². The number of benzene rings is 1. The number of piperazine rings is 1. The molecule has 9 heteroatoms. The Hall–Kier alpha value is -2.59. The molecule has 0 radical (unpaired) electrons. The number of sulfonamides is 1. The van der Waals surface area contributed by atoms with Gasteiger partial charge in [-0.05, 0) is 23.6 Å². The summed E-state index contributed by atoms with van der Waals surface area (Å²) in [6, 6.07) is 12.2. The largest absolute Gasteiger partial charge is 0.345 e. The van der Waals surface area contributed by atoms with Crippen LogP contribution in [0.1, 0.15) is 31.0 Å². The number of H-pyrrole nitrogens is 1. The van der Waals surface area contributed by atoms with Crippen LogP contribution in [0.15, 0.2) is 59.1 Å². The maximum Gasteiger partial charge on any atom is 0.245 e.